The van der Waals surface area contributed by atoms with Crippen LogP contribution < -0.4 is 9.47 Å². The first kappa shape index (κ1) is 18.4. The van der Waals surface area contributed by atoms with Crippen molar-refractivity contribution in [3.63, 3.8) is 0 Å². The lowest BCUT2D eigenvalue weighted by molar-refractivity contribution is -0.134. The number of benzene rings is 1. The molecule has 0 aromatic heterocycles. The van der Waals surface area contributed by atoms with Gasteiger partial charge < -0.3 is 9.47 Å². The van der Waals surface area contributed by atoms with E-state index >= 15 is 0 Å². The molecule has 1 aliphatic heterocycles. The molecule has 0 atom stereocenters. The van der Waals surface area contributed by atoms with Gasteiger partial charge in [0.25, 0.3) is 11.8 Å². The van der Waals surface area contributed by atoms with E-state index in [0.29, 0.717) is 0 Å². The Morgan fingerprint density at radius 2 is 1.72 bits per heavy atom. The molecule has 0 spiro atoms. The number of imide groups is 2. The maximum Gasteiger partial charge on any atom is 0.387 e. The molecule has 1 saturated heterocycles. The smallest absolute Gasteiger partial charge is 0.387 e. The van der Waals surface area contributed by atoms with E-state index in [0.717, 1.165) is 15.9 Å². The topological polar surface area (TPSA) is 76.2 Å². The van der Waals surface area contributed by atoms with Crippen molar-refractivity contribution in [2.75, 3.05) is 20.7 Å². The van der Waals surface area contributed by atoms with Gasteiger partial charge in [0.2, 0.25) is 0 Å². The number of barbiturate groups is 1. The van der Waals surface area contributed by atoms with Gasteiger partial charge in [0, 0.05) is 19.7 Å². The Morgan fingerprint density at radius 3 is 2.24 bits per heavy atom. The van der Waals surface area contributed by atoms with Crippen LogP contribution in [-0.4, -0.2) is 55.0 Å². The van der Waals surface area contributed by atoms with Gasteiger partial charge in [-0.05, 0) is 19.1 Å². The van der Waals surface area contributed by atoms with Crippen LogP contribution in [0.25, 0.3) is 6.08 Å². The van der Waals surface area contributed by atoms with Gasteiger partial charge in [0.05, 0.1) is 6.61 Å². The summed E-state index contributed by atoms with van der Waals surface area (Å²) in [6.45, 7) is -1.25. The number of ether oxygens (including phenoxy) is 2. The highest BCUT2D eigenvalue weighted by molar-refractivity contribution is 6.30. The van der Waals surface area contributed by atoms with Crippen LogP contribution in [0.1, 0.15) is 12.5 Å². The maximum atomic E-state index is 12.7. The van der Waals surface area contributed by atoms with E-state index in [9.17, 15) is 23.2 Å². The molecule has 0 radical (unpaired) electrons. The van der Waals surface area contributed by atoms with E-state index in [2.05, 4.69) is 4.74 Å². The predicted molar refractivity (Wildman–Crippen MR) is 83.2 cm³/mol. The third-order valence-corrected chi connectivity index (χ3v) is 3.46. The molecule has 7 nitrogen and oxygen atoms in total. The van der Waals surface area contributed by atoms with E-state index in [-0.39, 0.29) is 29.2 Å². The molecule has 4 amide bonds. The first-order valence-corrected chi connectivity index (χ1v) is 7.30. The van der Waals surface area contributed by atoms with E-state index in [1.807, 2.05) is 0 Å². The lowest BCUT2D eigenvalue weighted by Crippen LogP contribution is -2.52. The van der Waals surface area contributed by atoms with Crippen LogP contribution in [0, 0.1) is 0 Å². The molecule has 0 aliphatic carbocycles. The first-order valence-electron chi connectivity index (χ1n) is 7.30. The van der Waals surface area contributed by atoms with Crippen molar-refractivity contribution in [2.24, 2.45) is 0 Å². The van der Waals surface area contributed by atoms with Crippen LogP contribution in [-0.2, 0) is 9.59 Å². The molecule has 2 rings (SSSR count). The normalized spacial score (nSPS) is 15.1. The number of hydrogen-bond donors (Lipinski definition) is 0. The molecule has 1 aromatic carbocycles. The molecule has 0 N–H and O–H groups in total. The number of urea groups is 1. The largest absolute Gasteiger partial charge is 0.490 e. The van der Waals surface area contributed by atoms with E-state index in [1.165, 1.54) is 32.3 Å². The van der Waals surface area contributed by atoms with E-state index < -0.39 is 24.5 Å². The predicted octanol–water partition coefficient (Wildman–Crippen LogP) is 2.12. The van der Waals surface area contributed by atoms with E-state index in [4.69, 9.17) is 4.74 Å². The number of para-hydroxylation sites is 1. The molecule has 134 valence electrons. The van der Waals surface area contributed by atoms with Gasteiger partial charge in [-0.2, -0.15) is 8.78 Å². The zero-order valence-corrected chi connectivity index (χ0v) is 13.8. The highest BCUT2D eigenvalue weighted by atomic mass is 19.3. The summed E-state index contributed by atoms with van der Waals surface area (Å²) in [5.74, 6) is -1.92. The van der Waals surface area contributed by atoms with Crippen LogP contribution in [0.3, 0.4) is 0 Å². The lowest BCUT2D eigenvalue weighted by atomic mass is 10.1. The van der Waals surface area contributed by atoms with Crippen LogP contribution >= 0.6 is 0 Å². The molecule has 0 saturated carbocycles. The van der Waals surface area contributed by atoms with Gasteiger partial charge in [-0.15, -0.1) is 0 Å². The number of alkyl halides is 2. The summed E-state index contributed by atoms with van der Waals surface area (Å²) in [5.41, 5.74) is -0.295. The van der Waals surface area contributed by atoms with Gasteiger partial charge in [-0.3, -0.25) is 19.4 Å². The monoisotopic (exact) mass is 354 g/mol. The number of nitrogens with zero attached hydrogens (tertiary/aromatic N) is 2. The molecule has 25 heavy (non-hydrogen) atoms. The van der Waals surface area contributed by atoms with Crippen molar-refractivity contribution in [2.45, 2.75) is 13.5 Å². The molecular formula is C16H16F2N2O5. The summed E-state index contributed by atoms with van der Waals surface area (Å²) in [7, 11) is 2.43. The summed E-state index contributed by atoms with van der Waals surface area (Å²) in [5, 5.41) is 0. The molecule has 9 heteroatoms. The molecule has 1 fully saturated rings. The Morgan fingerprint density at radius 1 is 1.12 bits per heavy atom. The minimum absolute atomic E-state index is 0.0469. The van der Waals surface area contributed by atoms with Gasteiger partial charge in [0.15, 0.2) is 11.5 Å². The lowest BCUT2D eigenvalue weighted by Gasteiger charge is -2.29. The quantitative estimate of drug-likeness (QED) is 0.598. The number of likely N-dealkylation sites (N-methyl/N-ethyl adjacent to an activating group) is 2. The fourth-order valence-electron chi connectivity index (χ4n) is 2.26. The molecule has 0 bridgehead atoms. The van der Waals surface area contributed by atoms with Crippen molar-refractivity contribution in [3.05, 3.63) is 29.3 Å². The molecule has 1 aromatic rings. The van der Waals surface area contributed by atoms with Crippen LogP contribution in [0.2, 0.25) is 0 Å². The number of carbonyl (C=O) groups excluding carboxylic acids is 3. The highest BCUT2D eigenvalue weighted by Gasteiger charge is 2.38. The second kappa shape index (κ2) is 7.29. The van der Waals surface area contributed by atoms with Gasteiger partial charge in [0.1, 0.15) is 5.57 Å². The minimum Gasteiger partial charge on any atom is -0.490 e. The fourth-order valence-corrected chi connectivity index (χ4v) is 2.26. The molecular weight excluding hydrogens is 338 g/mol. The number of amides is 4. The number of rotatable bonds is 5. The average molecular weight is 354 g/mol. The van der Waals surface area contributed by atoms with Crippen molar-refractivity contribution in [1.82, 2.24) is 9.80 Å². The Hall–Kier alpha value is -2.97. The summed E-state index contributed by atoms with van der Waals surface area (Å²) in [6.07, 6.45) is 1.10. The van der Waals surface area contributed by atoms with Gasteiger partial charge in [-0.1, -0.05) is 12.1 Å². The van der Waals surface area contributed by atoms with Crippen LogP contribution in [0.15, 0.2) is 23.8 Å². The standard InChI is InChI=1S/C16H16F2N2O5/c1-4-24-11-7-5-6-9(12(11)25-15(17)18)8-10-13(21)19(2)16(23)20(3)14(10)22/h5-8,15H,4H2,1-3H3. The Labute approximate surface area is 142 Å². The fraction of sp³-hybridized carbons (Fsp3) is 0.312. The Balaban J connectivity index is 2.55. The highest BCUT2D eigenvalue weighted by Crippen LogP contribution is 2.34. The van der Waals surface area contributed by atoms with Crippen molar-refractivity contribution in [3.8, 4) is 11.5 Å². The third kappa shape index (κ3) is 3.59. The van der Waals surface area contributed by atoms with Crippen LogP contribution in [0.5, 0.6) is 11.5 Å². The Bertz CT molecular complexity index is 722. The van der Waals surface area contributed by atoms with Crippen molar-refractivity contribution in [1.29, 1.82) is 0 Å². The second-order valence-corrected chi connectivity index (χ2v) is 5.05. The van der Waals surface area contributed by atoms with Crippen molar-refractivity contribution >= 4 is 23.9 Å². The third-order valence-electron chi connectivity index (χ3n) is 3.46. The van der Waals surface area contributed by atoms with E-state index in [1.54, 1.807) is 6.92 Å². The summed E-state index contributed by atoms with van der Waals surface area (Å²) in [4.78, 5) is 37.7. The number of carbonyl (C=O) groups is 3. The Kier molecular flexibility index (Phi) is 5.35. The average Bonchev–Trinajstić information content (AvgIpc) is 2.57. The molecule has 0 unspecified atom stereocenters. The zero-order valence-electron chi connectivity index (χ0n) is 13.8. The summed E-state index contributed by atoms with van der Waals surface area (Å²) in [6, 6.07) is 3.55. The minimum atomic E-state index is -3.12. The second-order valence-electron chi connectivity index (χ2n) is 5.05. The van der Waals surface area contributed by atoms with Crippen LogP contribution in [0.4, 0.5) is 13.6 Å². The zero-order chi connectivity index (χ0) is 18.7. The summed E-state index contributed by atoms with van der Waals surface area (Å²) < 4.78 is 35.2. The number of hydrogen-bond acceptors (Lipinski definition) is 5. The maximum absolute atomic E-state index is 12.7. The molecule has 1 heterocycles. The van der Waals surface area contributed by atoms with Crippen molar-refractivity contribution < 1.29 is 32.6 Å². The first-order chi connectivity index (χ1) is 11.8. The van der Waals surface area contributed by atoms with Gasteiger partial charge >= 0.3 is 12.6 Å². The van der Waals surface area contributed by atoms with Gasteiger partial charge in [-0.25, -0.2) is 4.79 Å². The molecule has 1 aliphatic rings. The SMILES string of the molecule is CCOc1cccc(C=C2C(=O)N(C)C(=O)N(C)C2=O)c1OC(F)F. The summed E-state index contributed by atoms with van der Waals surface area (Å²) >= 11 is 0. The number of halogens is 2.